The molecule has 1 aliphatic carbocycles. The number of nitrogens with zero attached hydrogens (tertiary/aromatic N) is 1. The van der Waals surface area contributed by atoms with E-state index in [0.717, 1.165) is 31.4 Å². The SMILES string of the molecule is CCCC1=C[C@]2(C[C@@H](C(=O)N[C@@H](CCC)C(=O)C(=O)NC3CC3)N(C(=O)[C@@H](NC(=O)O[C@H]3CCOC3)C(C)(C)C)C2)ON1. The van der Waals surface area contributed by atoms with Crippen LogP contribution in [0.4, 0.5) is 4.79 Å². The smallest absolute Gasteiger partial charge is 0.408 e. The average molecular weight is 606 g/mol. The van der Waals surface area contributed by atoms with E-state index >= 15 is 0 Å². The number of hydroxylamine groups is 1. The molecule has 4 N–H and O–H groups in total. The third kappa shape index (κ3) is 8.26. The van der Waals surface area contributed by atoms with Crippen LogP contribution in [0.15, 0.2) is 11.8 Å². The van der Waals surface area contributed by atoms with Gasteiger partial charge in [0.1, 0.15) is 23.8 Å². The van der Waals surface area contributed by atoms with Gasteiger partial charge in [0.25, 0.3) is 5.91 Å². The fraction of sp³-hybridized carbons (Fsp3) is 0.767. The van der Waals surface area contributed by atoms with E-state index in [1.165, 1.54) is 4.90 Å². The standard InChI is InChI=1S/C30H47N5O8/c1-6-8-19-14-30(43-34-19)15-22(25(37)32-21(9-7-2)23(36)26(38)31-18-10-11-18)35(17-30)27(39)24(29(3,4)5)33-28(40)42-20-12-13-41-16-20/h14,18,20-22,24,34H,6-13,15-17H2,1-5H3,(H,31,38)(H,32,37)(H,33,40)/t20-,21-,22-,24+,30+/m0/s1. The first kappa shape index (κ1) is 32.7. The number of hydrogen-bond donors (Lipinski definition) is 4. The highest BCUT2D eigenvalue weighted by Crippen LogP contribution is 2.37. The second-order valence-electron chi connectivity index (χ2n) is 13.2. The summed E-state index contributed by atoms with van der Waals surface area (Å²) in [6.07, 6.45) is 5.59. The Morgan fingerprint density at radius 3 is 2.47 bits per heavy atom. The largest absolute Gasteiger partial charge is 0.444 e. The monoisotopic (exact) mass is 605 g/mol. The maximum absolute atomic E-state index is 14.2. The van der Waals surface area contributed by atoms with Gasteiger partial charge in [-0.05, 0) is 37.2 Å². The first-order chi connectivity index (χ1) is 20.4. The van der Waals surface area contributed by atoms with Crippen molar-refractivity contribution in [2.75, 3.05) is 19.8 Å². The minimum atomic E-state index is -1.03. The fourth-order valence-electron chi connectivity index (χ4n) is 5.67. The molecule has 0 radical (unpaired) electrons. The number of carbonyl (C=O) groups is 5. The molecule has 4 amide bonds. The van der Waals surface area contributed by atoms with Crippen LogP contribution in [-0.2, 0) is 33.5 Å². The molecule has 3 fully saturated rings. The number of ether oxygens (including phenoxy) is 2. The van der Waals surface area contributed by atoms with Gasteiger partial charge in [0, 0.05) is 24.6 Å². The minimum absolute atomic E-state index is 0.00284. The molecule has 0 bridgehead atoms. The van der Waals surface area contributed by atoms with Gasteiger partial charge in [0.15, 0.2) is 0 Å². The first-order valence-corrected chi connectivity index (χ1v) is 15.5. The Bertz CT molecular complexity index is 1110. The lowest BCUT2D eigenvalue weighted by atomic mass is 9.85. The fourth-order valence-corrected chi connectivity index (χ4v) is 5.67. The Balaban J connectivity index is 1.56. The van der Waals surface area contributed by atoms with Crippen LogP contribution >= 0.6 is 0 Å². The summed E-state index contributed by atoms with van der Waals surface area (Å²) in [5, 5.41) is 8.18. The van der Waals surface area contributed by atoms with Crippen LogP contribution in [0.3, 0.4) is 0 Å². The van der Waals surface area contributed by atoms with Crippen LogP contribution < -0.4 is 21.4 Å². The van der Waals surface area contributed by atoms with E-state index in [-0.39, 0.29) is 25.4 Å². The van der Waals surface area contributed by atoms with Crippen molar-refractivity contribution in [2.45, 2.75) is 122 Å². The van der Waals surface area contributed by atoms with Crippen molar-refractivity contribution >= 4 is 29.6 Å². The predicted molar refractivity (Wildman–Crippen MR) is 155 cm³/mol. The minimum Gasteiger partial charge on any atom is -0.444 e. The number of rotatable bonds is 12. The Hall–Kier alpha value is -3.19. The Kier molecular flexibility index (Phi) is 10.4. The number of amides is 4. The molecular formula is C30H47N5O8. The van der Waals surface area contributed by atoms with Gasteiger partial charge in [-0.25, -0.2) is 4.79 Å². The van der Waals surface area contributed by atoms with Crippen molar-refractivity contribution in [3.63, 3.8) is 0 Å². The van der Waals surface area contributed by atoms with Crippen LogP contribution in [0, 0.1) is 5.41 Å². The third-order valence-electron chi connectivity index (χ3n) is 8.16. The van der Waals surface area contributed by atoms with Crippen LogP contribution in [0.5, 0.6) is 0 Å². The molecule has 4 rings (SSSR count). The summed E-state index contributed by atoms with van der Waals surface area (Å²) in [5.74, 6) is -2.45. The van der Waals surface area contributed by atoms with Crippen molar-refractivity contribution < 1.29 is 38.3 Å². The topological polar surface area (TPSA) is 164 Å². The van der Waals surface area contributed by atoms with Crippen molar-refractivity contribution in [3.8, 4) is 0 Å². The molecule has 4 aliphatic rings. The molecule has 240 valence electrons. The summed E-state index contributed by atoms with van der Waals surface area (Å²) in [6, 6.07) is -3.07. The highest BCUT2D eigenvalue weighted by atomic mass is 16.7. The van der Waals surface area contributed by atoms with Crippen LogP contribution in [-0.4, -0.2) is 90.1 Å². The third-order valence-corrected chi connectivity index (χ3v) is 8.16. The Morgan fingerprint density at radius 1 is 1.12 bits per heavy atom. The lowest BCUT2D eigenvalue weighted by Gasteiger charge is -2.35. The molecule has 3 aliphatic heterocycles. The van der Waals surface area contributed by atoms with Crippen LogP contribution in [0.1, 0.15) is 86.0 Å². The number of allylic oxidation sites excluding steroid dienone is 1. The zero-order valence-corrected chi connectivity index (χ0v) is 26.0. The van der Waals surface area contributed by atoms with Gasteiger partial charge >= 0.3 is 6.09 Å². The molecule has 13 nitrogen and oxygen atoms in total. The average Bonchev–Trinajstić information content (AvgIpc) is 3.30. The van der Waals surface area contributed by atoms with Crippen molar-refractivity contribution in [2.24, 2.45) is 5.41 Å². The van der Waals surface area contributed by atoms with Crippen LogP contribution in [0.2, 0.25) is 0 Å². The summed E-state index contributed by atoms with van der Waals surface area (Å²) < 4.78 is 10.8. The van der Waals surface area contributed by atoms with E-state index < -0.39 is 64.8 Å². The molecule has 0 aromatic carbocycles. The predicted octanol–water partition coefficient (Wildman–Crippen LogP) is 1.61. The number of nitrogens with one attached hydrogen (secondary N) is 4. The number of carbonyl (C=O) groups excluding carboxylic acids is 5. The maximum atomic E-state index is 14.2. The van der Waals surface area contributed by atoms with Gasteiger partial charge in [-0.1, -0.05) is 47.5 Å². The van der Waals surface area contributed by atoms with Gasteiger partial charge in [0.05, 0.1) is 25.8 Å². The summed E-state index contributed by atoms with van der Waals surface area (Å²) in [7, 11) is 0. The second kappa shape index (κ2) is 13.6. The number of likely N-dealkylation sites (tertiary alicyclic amines) is 1. The van der Waals surface area contributed by atoms with Crippen LogP contribution in [0.25, 0.3) is 0 Å². The van der Waals surface area contributed by atoms with Crippen molar-refractivity contribution in [1.82, 2.24) is 26.3 Å². The highest BCUT2D eigenvalue weighted by molar-refractivity contribution is 6.38. The summed E-state index contributed by atoms with van der Waals surface area (Å²) in [4.78, 5) is 73.9. The molecule has 0 aromatic rings. The molecule has 2 saturated heterocycles. The number of hydrogen-bond acceptors (Lipinski definition) is 9. The quantitative estimate of drug-likeness (QED) is 0.242. The second-order valence-corrected chi connectivity index (χ2v) is 13.2. The van der Waals surface area contributed by atoms with Gasteiger partial charge in [0.2, 0.25) is 17.6 Å². The molecule has 5 atom stereocenters. The van der Waals surface area contributed by atoms with Gasteiger partial charge in [-0.2, -0.15) is 0 Å². The lowest BCUT2D eigenvalue weighted by molar-refractivity contribution is -0.144. The molecule has 3 heterocycles. The van der Waals surface area contributed by atoms with Gasteiger partial charge < -0.3 is 30.3 Å². The summed E-state index contributed by atoms with van der Waals surface area (Å²) >= 11 is 0. The molecule has 43 heavy (non-hydrogen) atoms. The summed E-state index contributed by atoms with van der Waals surface area (Å²) in [5.41, 5.74) is 2.09. The number of ketones is 1. The van der Waals surface area contributed by atoms with E-state index in [9.17, 15) is 24.0 Å². The zero-order chi connectivity index (χ0) is 31.4. The zero-order valence-electron chi connectivity index (χ0n) is 26.0. The number of Topliss-reactive ketones (excluding diaryl/α,β-unsaturated/α-hetero) is 1. The molecule has 0 unspecified atom stereocenters. The first-order valence-electron chi connectivity index (χ1n) is 15.5. The molecular weight excluding hydrogens is 558 g/mol. The summed E-state index contributed by atoms with van der Waals surface area (Å²) in [6.45, 7) is 10.2. The molecule has 0 aromatic heterocycles. The van der Waals surface area contributed by atoms with Crippen molar-refractivity contribution in [3.05, 3.63) is 11.8 Å². The van der Waals surface area contributed by atoms with Gasteiger partial charge in [-0.3, -0.25) is 29.5 Å². The Labute approximate surface area is 253 Å². The highest BCUT2D eigenvalue weighted by Gasteiger charge is 2.53. The number of alkyl carbamates (subject to hydrolysis) is 1. The normalized spacial score (nSPS) is 26.3. The van der Waals surface area contributed by atoms with E-state index in [0.29, 0.717) is 26.1 Å². The Morgan fingerprint density at radius 2 is 1.86 bits per heavy atom. The van der Waals surface area contributed by atoms with E-state index in [1.807, 2.05) is 40.7 Å². The lowest BCUT2D eigenvalue weighted by Crippen LogP contribution is -2.59. The molecule has 1 saturated carbocycles. The van der Waals surface area contributed by atoms with Crippen molar-refractivity contribution in [1.29, 1.82) is 0 Å². The van der Waals surface area contributed by atoms with E-state index in [4.69, 9.17) is 14.3 Å². The maximum Gasteiger partial charge on any atom is 0.408 e. The van der Waals surface area contributed by atoms with Gasteiger partial charge in [-0.15, -0.1) is 0 Å². The van der Waals surface area contributed by atoms with E-state index in [1.54, 1.807) is 0 Å². The van der Waals surface area contributed by atoms with E-state index in [2.05, 4.69) is 21.4 Å². The molecule has 13 heteroatoms. The molecule has 1 spiro atoms.